The standard InChI is InChI=1S/C17H21N3O3/c1-3-22-16-14(12-18-17(20-16)23-4-2)19-15(21)11-10-13-8-6-5-7-9-13/h5-9,12H,3-4,10-11H2,1-2H3,(H,19,21). The first-order valence-electron chi connectivity index (χ1n) is 7.69. The highest BCUT2D eigenvalue weighted by atomic mass is 16.5. The van der Waals surface area contributed by atoms with Crippen LogP contribution in [0.5, 0.6) is 11.9 Å². The summed E-state index contributed by atoms with van der Waals surface area (Å²) in [6, 6.07) is 10.1. The van der Waals surface area contributed by atoms with Gasteiger partial charge in [0.1, 0.15) is 5.69 Å². The van der Waals surface area contributed by atoms with E-state index in [0.717, 1.165) is 5.56 Å². The van der Waals surface area contributed by atoms with Crippen molar-refractivity contribution in [3.05, 3.63) is 42.1 Å². The number of hydrogen-bond donors (Lipinski definition) is 1. The Morgan fingerprint density at radius 3 is 2.57 bits per heavy atom. The maximum absolute atomic E-state index is 12.1. The van der Waals surface area contributed by atoms with Crippen molar-refractivity contribution in [2.24, 2.45) is 0 Å². The molecule has 0 radical (unpaired) electrons. The van der Waals surface area contributed by atoms with Gasteiger partial charge in [-0.2, -0.15) is 4.98 Å². The summed E-state index contributed by atoms with van der Waals surface area (Å²) in [5, 5.41) is 2.79. The molecule has 6 nitrogen and oxygen atoms in total. The normalized spacial score (nSPS) is 10.2. The summed E-state index contributed by atoms with van der Waals surface area (Å²) in [6.45, 7) is 4.61. The molecule has 0 aliphatic heterocycles. The highest BCUT2D eigenvalue weighted by Gasteiger charge is 2.12. The van der Waals surface area contributed by atoms with Crippen LogP contribution in [0.15, 0.2) is 36.5 Å². The molecule has 0 saturated carbocycles. The van der Waals surface area contributed by atoms with E-state index < -0.39 is 0 Å². The molecular formula is C17H21N3O3. The fraction of sp³-hybridized carbons (Fsp3) is 0.353. The van der Waals surface area contributed by atoms with E-state index >= 15 is 0 Å². The van der Waals surface area contributed by atoms with E-state index in [2.05, 4.69) is 15.3 Å². The topological polar surface area (TPSA) is 73.3 Å². The molecule has 0 bridgehead atoms. The molecule has 1 amide bonds. The first kappa shape index (κ1) is 16.7. The number of nitrogens with one attached hydrogen (secondary N) is 1. The molecule has 0 spiro atoms. The second-order valence-electron chi connectivity index (χ2n) is 4.77. The fourth-order valence-corrected chi connectivity index (χ4v) is 2.00. The summed E-state index contributed by atoms with van der Waals surface area (Å²) in [5.74, 6) is 0.210. The Kier molecular flexibility index (Phi) is 6.35. The molecule has 1 heterocycles. The van der Waals surface area contributed by atoms with Crippen LogP contribution in [-0.4, -0.2) is 29.1 Å². The number of benzene rings is 1. The van der Waals surface area contributed by atoms with Crippen molar-refractivity contribution in [1.82, 2.24) is 9.97 Å². The number of carbonyl (C=O) groups is 1. The summed E-state index contributed by atoms with van der Waals surface area (Å²) in [4.78, 5) is 20.3. The molecule has 0 aliphatic rings. The van der Waals surface area contributed by atoms with Crippen LogP contribution in [0.25, 0.3) is 0 Å². The van der Waals surface area contributed by atoms with Gasteiger partial charge in [0, 0.05) is 6.42 Å². The molecule has 2 rings (SSSR count). The quantitative estimate of drug-likeness (QED) is 0.811. The van der Waals surface area contributed by atoms with Crippen LogP contribution in [-0.2, 0) is 11.2 Å². The highest BCUT2D eigenvalue weighted by molar-refractivity contribution is 5.91. The van der Waals surface area contributed by atoms with E-state index in [9.17, 15) is 4.79 Å². The van der Waals surface area contributed by atoms with Crippen molar-refractivity contribution >= 4 is 11.6 Å². The molecule has 122 valence electrons. The third-order valence-corrected chi connectivity index (χ3v) is 3.04. The summed E-state index contributed by atoms with van der Waals surface area (Å²) < 4.78 is 10.7. The van der Waals surface area contributed by atoms with Crippen molar-refractivity contribution in [2.45, 2.75) is 26.7 Å². The molecule has 2 aromatic rings. The smallest absolute Gasteiger partial charge is 0.319 e. The van der Waals surface area contributed by atoms with Gasteiger partial charge in [0.05, 0.1) is 19.4 Å². The van der Waals surface area contributed by atoms with Gasteiger partial charge in [-0.15, -0.1) is 0 Å². The van der Waals surface area contributed by atoms with E-state index in [1.54, 1.807) is 0 Å². The molecule has 1 aromatic heterocycles. The Bertz CT molecular complexity index is 632. The van der Waals surface area contributed by atoms with E-state index in [1.807, 2.05) is 44.2 Å². The van der Waals surface area contributed by atoms with E-state index in [4.69, 9.17) is 9.47 Å². The molecule has 1 aromatic carbocycles. The lowest BCUT2D eigenvalue weighted by molar-refractivity contribution is -0.116. The number of anilines is 1. The molecular weight excluding hydrogens is 294 g/mol. The Morgan fingerprint density at radius 2 is 1.87 bits per heavy atom. The van der Waals surface area contributed by atoms with Crippen LogP contribution in [0, 0.1) is 0 Å². The number of ether oxygens (including phenoxy) is 2. The number of aryl methyl sites for hydroxylation is 1. The molecule has 0 aliphatic carbocycles. The molecule has 1 N–H and O–H groups in total. The molecule has 6 heteroatoms. The van der Waals surface area contributed by atoms with E-state index in [-0.39, 0.29) is 11.9 Å². The third kappa shape index (κ3) is 5.25. The highest BCUT2D eigenvalue weighted by Crippen LogP contribution is 2.23. The van der Waals surface area contributed by atoms with Gasteiger partial charge in [-0.3, -0.25) is 4.79 Å². The largest absolute Gasteiger partial charge is 0.476 e. The van der Waals surface area contributed by atoms with Gasteiger partial charge < -0.3 is 14.8 Å². The average Bonchev–Trinajstić information content (AvgIpc) is 2.57. The summed E-state index contributed by atoms with van der Waals surface area (Å²) >= 11 is 0. The van der Waals surface area contributed by atoms with Crippen molar-refractivity contribution in [3.63, 3.8) is 0 Å². The molecule has 0 fully saturated rings. The van der Waals surface area contributed by atoms with Crippen molar-refractivity contribution in [1.29, 1.82) is 0 Å². The number of nitrogens with zero attached hydrogens (tertiary/aromatic N) is 2. The summed E-state index contributed by atoms with van der Waals surface area (Å²) in [6.07, 6.45) is 2.56. The monoisotopic (exact) mass is 315 g/mol. The predicted molar refractivity (Wildman–Crippen MR) is 87.8 cm³/mol. The van der Waals surface area contributed by atoms with Gasteiger partial charge in [0.25, 0.3) is 0 Å². The number of carbonyl (C=O) groups excluding carboxylic acids is 1. The maximum Gasteiger partial charge on any atom is 0.319 e. The predicted octanol–water partition coefficient (Wildman–Crippen LogP) is 2.85. The Labute approximate surface area is 135 Å². The fourth-order valence-electron chi connectivity index (χ4n) is 2.00. The number of amides is 1. The second-order valence-corrected chi connectivity index (χ2v) is 4.77. The first-order valence-corrected chi connectivity index (χ1v) is 7.69. The molecule has 0 unspecified atom stereocenters. The molecule has 23 heavy (non-hydrogen) atoms. The van der Waals surface area contributed by atoms with Crippen LogP contribution >= 0.6 is 0 Å². The van der Waals surface area contributed by atoms with Crippen molar-refractivity contribution < 1.29 is 14.3 Å². The van der Waals surface area contributed by atoms with Crippen molar-refractivity contribution in [3.8, 4) is 11.9 Å². The van der Waals surface area contributed by atoms with Crippen LogP contribution in [0.4, 0.5) is 5.69 Å². The third-order valence-electron chi connectivity index (χ3n) is 3.04. The summed E-state index contributed by atoms with van der Waals surface area (Å²) in [5.41, 5.74) is 1.57. The minimum atomic E-state index is -0.109. The lowest BCUT2D eigenvalue weighted by Gasteiger charge is -2.11. The van der Waals surface area contributed by atoms with Crippen LogP contribution in [0.2, 0.25) is 0 Å². The average molecular weight is 315 g/mol. The van der Waals surface area contributed by atoms with Crippen LogP contribution < -0.4 is 14.8 Å². The number of aromatic nitrogens is 2. The van der Waals surface area contributed by atoms with Crippen molar-refractivity contribution in [2.75, 3.05) is 18.5 Å². The van der Waals surface area contributed by atoms with E-state index in [0.29, 0.717) is 37.6 Å². The second kappa shape index (κ2) is 8.73. The first-order chi connectivity index (χ1) is 11.2. The Morgan fingerprint density at radius 1 is 1.13 bits per heavy atom. The van der Waals surface area contributed by atoms with Gasteiger partial charge >= 0.3 is 6.01 Å². The van der Waals surface area contributed by atoms with Gasteiger partial charge in [0.15, 0.2) is 0 Å². The van der Waals surface area contributed by atoms with Gasteiger partial charge in [-0.05, 0) is 25.8 Å². The zero-order valence-corrected chi connectivity index (χ0v) is 13.4. The molecule has 0 atom stereocenters. The van der Waals surface area contributed by atoms with Crippen LogP contribution in [0.1, 0.15) is 25.8 Å². The number of rotatable bonds is 8. The minimum Gasteiger partial charge on any atom is -0.476 e. The zero-order chi connectivity index (χ0) is 16.5. The van der Waals surface area contributed by atoms with Gasteiger partial charge in [-0.25, -0.2) is 4.98 Å². The van der Waals surface area contributed by atoms with Gasteiger partial charge in [-0.1, -0.05) is 30.3 Å². The Balaban J connectivity index is 1.98. The van der Waals surface area contributed by atoms with Crippen LogP contribution in [0.3, 0.4) is 0 Å². The van der Waals surface area contributed by atoms with Gasteiger partial charge in [0.2, 0.25) is 11.8 Å². The maximum atomic E-state index is 12.1. The lowest BCUT2D eigenvalue weighted by atomic mass is 10.1. The SMILES string of the molecule is CCOc1ncc(NC(=O)CCc2ccccc2)c(OCC)n1. The van der Waals surface area contributed by atoms with E-state index in [1.165, 1.54) is 6.20 Å². The lowest BCUT2D eigenvalue weighted by Crippen LogP contribution is -2.14. The number of hydrogen-bond acceptors (Lipinski definition) is 5. The summed E-state index contributed by atoms with van der Waals surface area (Å²) in [7, 11) is 0. The minimum absolute atomic E-state index is 0.109. The Hall–Kier alpha value is -2.63. The zero-order valence-electron chi connectivity index (χ0n) is 13.4. The molecule has 0 saturated heterocycles.